The van der Waals surface area contributed by atoms with Crippen LogP contribution in [0.25, 0.3) is 0 Å². The first-order valence-corrected chi connectivity index (χ1v) is 19.7. The van der Waals surface area contributed by atoms with Crippen molar-refractivity contribution in [1.29, 1.82) is 0 Å². The number of aryl methyl sites for hydroxylation is 2. The van der Waals surface area contributed by atoms with Gasteiger partial charge in [-0.05, 0) is 93.9 Å². The number of anilines is 1. The molecule has 0 unspecified atom stereocenters. The van der Waals surface area contributed by atoms with E-state index < -0.39 is 0 Å². The molecule has 234 valence electrons. The van der Waals surface area contributed by atoms with Crippen molar-refractivity contribution in [3.63, 3.8) is 0 Å². The molecule has 0 saturated carbocycles. The maximum absolute atomic E-state index is 7.14. The molecule has 0 aromatic heterocycles. The highest BCUT2D eigenvalue weighted by molar-refractivity contribution is 8.68. The van der Waals surface area contributed by atoms with Crippen molar-refractivity contribution in [2.75, 3.05) is 35.8 Å². The molecule has 0 saturated heterocycles. The summed E-state index contributed by atoms with van der Waals surface area (Å²) < 4.78 is 2.52. The molecule has 6 heteroatoms. The van der Waals surface area contributed by atoms with Gasteiger partial charge in [0.25, 0.3) is 0 Å². The van der Waals surface area contributed by atoms with Gasteiger partial charge in [0.05, 0.1) is 5.41 Å². The third kappa shape index (κ3) is 6.54. The maximum atomic E-state index is 7.14. The number of halogens is 1. The van der Waals surface area contributed by atoms with E-state index in [1.54, 1.807) is 10.8 Å². The molecule has 2 aliphatic heterocycles. The minimum absolute atomic E-state index is 0.0533. The molecule has 0 fully saturated rings. The van der Waals surface area contributed by atoms with Crippen LogP contribution in [-0.4, -0.2) is 41.1 Å². The summed E-state index contributed by atoms with van der Waals surface area (Å²) in [4.78, 5) is 2.55. The van der Waals surface area contributed by atoms with Crippen LogP contribution >= 0.6 is 45.8 Å². The molecule has 0 N–H and O–H groups in total. The monoisotopic (exact) mass is 663 g/mol. The number of thiol groups is 1. The number of hydrogen-bond acceptors (Lipinski definition) is 4. The second-order valence-electron chi connectivity index (χ2n) is 13.4. The number of nitrogens with zero attached hydrogens (tertiary/aromatic N) is 2. The lowest BCUT2D eigenvalue weighted by atomic mass is 9.81. The Kier molecular flexibility index (Phi) is 10.6. The summed E-state index contributed by atoms with van der Waals surface area (Å²) in [6, 6.07) is 13.8. The summed E-state index contributed by atoms with van der Waals surface area (Å²) in [6.07, 6.45) is 15.7. The Hall–Kier alpha value is -1.79. The molecule has 1 aliphatic carbocycles. The highest BCUT2D eigenvalue weighted by Crippen LogP contribution is 2.48. The van der Waals surface area contributed by atoms with E-state index in [-0.39, 0.29) is 10.8 Å². The molecule has 0 radical (unpaired) electrons. The Bertz CT molecular complexity index is 1570. The molecule has 2 aromatic rings. The summed E-state index contributed by atoms with van der Waals surface area (Å²) in [5.41, 5.74) is 13.2. The predicted octanol–water partition coefficient (Wildman–Crippen LogP) is 10.9. The first-order valence-electron chi connectivity index (χ1n) is 15.9. The summed E-state index contributed by atoms with van der Waals surface area (Å²) in [5, 5.41) is 0.916. The van der Waals surface area contributed by atoms with Crippen LogP contribution in [-0.2, 0) is 10.8 Å². The van der Waals surface area contributed by atoms with Gasteiger partial charge in [-0.2, -0.15) is 16.3 Å². The Morgan fingerprint density at radius 1 is 0.909 bits per heavy atom. The Morgan fingerprint density at radius 3 is 2.36 bits per heavy atom. The number of benzene rings is 2. The highest BCUT2D eigenvalue weighted by atomic mass is 35.5. The van der Waals surface area contributed by atoms with E-state index in [0.717, 1.165) is 49.6 Å². The third-order valence-corrected chi connectivity index (χ3v) is 11.8. The van der Waals surface area contributed by atoms with E-state index in [4.69, 9.17) is 11.6 Å². The topological polar surface area (TPSA) is 6.25 Å². The molecule has 2 nitrogen and oxygen atoms in total. The largest absolute Gasteiger partial charge is 0.344 e. The number of thioether (sulfide) groups is 1. The third-order valence-electron chi connectivity index (χ3n) is 9.55. The molecule has 44 heavy (non-hydrogen) atoms. The lowest BCUT2D eigenvalue weighted by Gasteiger charge is -2.27. The summed E-state index contributed by atoms with van der Waals surface area (Å²) in [6.45, 7) is 15.9. The Morgan fingerprint density at radius 2 is 1.64 bits per heavy atom. The summed E-state index contributed by atoms with van der Waals surface area (Å²) in [5.74, 6) is 2.21. The standard InChI is InChI=1S/C38H47ClN2S3/c1-26-10-16-32-30(24-26)37(3,4)34(40(32)20-8-22-43-7)18-14-28-12-13-29(36(28)39)15-19-35-38(5,6)31-25-27(2)11-17-33(31)41(35)21-9-23-44-42/h10-11,14-19,24-25H,8-9,12-13,20-23H2,1-7H3/p+1. The zero-order valence-electron chi connectivity index (χ0n) is 27.5. The van der Waals surface area contributed by atoms with E-state index in [1.165, 1.54) is 61.9 Å². The van der Waals surface area contributed by atoms with Crippen LogP contribution in [0.1, 0.15) is 75.6 Å². The number of fused-ring (bicyclic) bond motifs is 2. The Labute approximate surface area is 284 Å². The minimum atomic E-state index is -0.0676. The molecule has 3 aliphatic rings. The molecule has 0 amide bonds. The quantitative estimate of drug-likeness (QED) is 0.111. The average molecular weight is 664 g/mol. The predicted molar refractivity (Wildman–Crippen MR) is 202 cm³/mol. The second kappa shape index (κ2) is 13.9. The molecule has 5 rings (SSSR count). The number of allylic oxidation sites excluding steroid dienone is 8. The van der Waals surface area contributed by atoms with Crippen molar-refractivity contribution < 1.29 is 4.58 Å². The van der Waals surface area contributed by atoms with Crippen LogP contribution in [0.3, 0.4) is 0 Å². The molecule has 2 aromatic carbocycles. The van der Waals surface area contributed by atoms with Crippen LogP contribution in [0, 0.1) is 13.8 Å². The summed E-state index contributed by atoms with van der Waals surface area (Å²) in [7, 11) is 1.62. The van der Waals surface area contributed by atoms with Gasteiger partial charge in [0.1, 0.15) is 6.54 Å². The average Bonchev–Trinajstić information content (AvgIpc) is 3.51. The second-order valence-corrected chi connectivity index (χ2v) is 16.2. The van der Waals surface area contributed by atoms with Crippen LogP contribution in [0.4, 0.5) is 11.4 Å². The molecule has 0 bridgehead atoms. The van der Waals surface area contributed by atoms with Crippen molar-refractivity contribution in [2.45, 2.75) is 78.1 Å². The lowest BCUT2D eigenvalue weighted by Crippen LogP contribution is -2.28. The van der Waals surface area contributed by atoms with E-state index in [9.17, 15) is 0 Å². The lowest BCUT2D eigenvalue weighted by molar-refractivity contribution is -0.437. The summed E-state index contributed by atoms with van der Waals surface area (Å²) >= 11 is 13.4. The zero-order chi connectivity index (χ0) is 31.6. The smallest absolute Gasteiger partial charge is 0.209 e. The van der Waals surface area contributed by atoms with Gasteiger partial charge in [0.2, 0.25) is 5.69 Å². The van der Waals surface area contributed by atoms with E-state index in [2.05, 4.69) is 130 Å². The molecular weight excluding hydrogens is 616 g/mol. The highest BCUT2D eigenvalue weighted by Gasteiger charge is 2.44. The van der Waals surface area contributed by atoms with Crippen LogP contribution < -0.4 is 4.90 Å². The van der Waals surface area contributed by atoms with Crippen molar-refractivity contribution >= 4 is 62.9 Å². The maximum Gasteiger partial charge on any atom is 0.209 e. The van der Waals surface area contributed by atoms with Crippen molar-refractivity contribution in [3.05, 3.63) is 105 Å². The van der Waals surface area contributed by atoms with Crippen molar-refractivity contribution in [2.24, 2.45) is 0 Å². The van der Waals surface area contributed by atoms with Gasteiger partial charge in [-0.1, -0.05) is 77.7 Å². The van der Waals surface area contributed by atoms with Gasteiger partial charge in [-0.25, -0.2) is 0 Å². The van der Waals surface area contributed by atoms with E-state index in [0.29, 0.717) is 0 Å². The fourth-order valence-electron chi connectivity index (χ4n) is 7.08. The fourth-order valence-corrected chi connectivity index (χ4v) is 8.46. The first kappa shape index (κ1) is 33.6. The molecule has 0 spiro atoms. The van der Waals surface area contributed by atoms with Crippen LogP contribution in [0.2, 0.25) is 0 Å². The van der Waals surface area contributed by atoms with Crippen molar-refractivity contribution in [3.8, 4) is 0 Å². The number of rotatable bonds is 11. The minimum Gasteiger partial charge on any atom is -0.344 e. The first-order chi connectivity index (χ1) is 21.0. The zero-order valence-corrected chi connectivity index (χ0v) is 30.7. The SMILES string of the molecule is CSCCCN1C(=CC=C2CCC(C=CC3=[N+](CCCSS)c4ccc(C)cc4C3(C)C)=C2Cl)C(C)(C)c2cc(C)ccc21. The van der Waals surface area contributed by atoms with Gasteiger partial charge >= 0.3 is 0 Å². The molecule has 0 atom stereocenters. The molecular formula is C38H48ClN2S3+. The van der Waals surface area contributed by atoms with Gasteiger partial charge < -0.3 is 4.90 Å². The van der Waals surface area contributed by atoms with Gasteiger partial charge in [0, 0.05) is 58.3 Å². The van der Waals surface area contributed by atoms with Crippen LogP contribution in [0.15, 0.2) is 82.6 Å². The Balaban J connectivity index is 1.46. The van der Waals surface area contributed by atoms with Gasteiger partial charge in [0.15, 0.2) is 5.71 Å². The number of hydrogen-bond donors (Lipinski definition) is 1. The van der Waals surface area contributed by atoms with E-state index in [1.807, 2.05) is 11.8 Å². The van der Waals surface area contributed by atoms with Crippen molar-refractivity contribution in [1.82, 2.24) is 0 Å². The normalized spacial score (nSPS) is 20.6. The van der Waals surface area contributed by atoms with Gasteiger partial charge in [-0.3, -0.25) is 0 Å². The fraction of sp³-hybridized carbons (Fsp3) is 0.447. The van der Waals surface area contributed by atoms with Gasteiger partial charge in [-0.15, -0.1) is 11.7 Å². The van der Waals surface area contributed by atoms with Crippen LogP contribution in [0.5, 0.6) is 0 Å². The van der Waals surface area contributed by atoms with E-state index >= 15 is 0 Å². The molecule has 2 heterocycles.